The molecule has 0 rings (SSSR count). The van der Waals surface area contributed by atoms with E-state index >= 15 is 0 Å². The summed E-state index contributed by atoms with van der Waals surface area (Å²) in [6.45, 7) is 25.1. The summed E-state index contributed by atoms with van der Waals surface area (Å²) in [7, 11) is 0. The average Bonchev–Trinajstić information content (AvgIpc) is 2.66. The summed E-state index contributed by atoms with van der Waals surface area (Å²) < 4.78 is 0. The van der Waals surface area contributed by atoms with Crippen molar-refractivity contribution < 1.29 is 0 Å². The van der Waals surface area contributed by atoms with Crippen LogP contribution in [0.2, 0.25) is 21.5 Å². The Kier molecular flexibility index (Phi) is 16.7. The van der Waals surface area contributed by atoms with E-state index in [-0.39, 0.29) is 0 Å². The summed E-state index contributed by atoms with van der Waals surface area (Å²) in [6, 6.07) is 0. The molecule has 158 valence electrons. The van der Waals surface area contributed by atoms with Crippen LogP contribution in [0.4, 0.5) is 0 Å². The predicted molar refractivity (Wildman–Crippen MR) is 123 cm³/mol. The predicted octanol–water partition coefficient (Wildman–Crippen LogP) is 5.26. The summed E-state index contributed by atoms with van der Waals surface area (Å²) in [4.78, 5) is 7.82. The maximum absolute atomic E-state index is 2.76. The molecule has 0 aromatic carbocycles. The van der Waals surface area contributed by atoms with Crippen LogP contribution in [0.25, 0.3) is 0 Å². The molecule has 0 aromatic heterocycles. The molecule has 0 heterocycles. The Hall–Kier alpha value is 0.423. The van der Waals surface area contributed by atoms with Crippen LogP contribution in [0, 0.1) is 0 Å². The van der Waals surface area contributed by atoms with E-state index in [1.165, 1.54) is 78.2 Å². The fourth-order valence-corrected chi connectivity index (χ4v) is 12.1. The Morgan fingerprint density at radius 1 is 0.462 bits per heavy atom. The first kappa shape index (κ1) is 26.4. The maximum atomic E-state index is 2.76. The molecule has 3 nitrogen and oxygen atoms in total. The summed E-state index contributed by atoms with van der Waals surface area (Å²) in [6.07, 6.45) is 4.32. The number of rotatable bonds is 18. The van der Waals surface area contributed by atoms with Crippen molar-refractivity contribution in [3.8, 4) is 0 Å². The molecule has 0 fully saturated rings. The van der Waals surface area contributed by atoms with Gasteiger partial charge in [-0.2, -0.15) is 0 Å². The van der Waals surface area contributed by atoms with Gasteiger partial charge in [0.2, 0.25) is 0 Å². The van der Waals surface area contributed by atoms with E-state index in [1.54, 1.807) is 15.8 Å². The van der Waals surface area contributed by atoms with E-state index in [4.69, 9.17) is 0 Å². The van der Waals surface area contributed by atoms with Gasteiger partial charge in [0.15, 0.2) is 0 Å². The van der Waals surface area contributed by atoms with Gasteiger partial charge in [-0.05, 0) is 0 Å². The third kappa shape index (κ3) is 12.0. The van der Waals surface area contributed by atoms with Crippen molar-refractivity contribution in [1.29, 1.82) is 0 Å². The van der Waals surface area contributed by atoms with Crippen molar-refractivity contribution in [2.24, 2.45) is 0 Å². The van der Waals surface area contributed by atoms with Crippen molar-refractivity contribution in [3.63, 3.8) is 0 Å². The Balaban J connectivity index is 4.52. The minimum atomic E-state index is -1.68. The van der Waals surface area contributed by atoms with Gasteiger partial charge in [-0.3, -0.25) is 0 Å². The van der Waals surface area contributed by atoms with E-state index < -0.39 is 13.3 Å². The molecule has 0 aliphatic rings. The molecular formula is C22H51GeN3. The summed E-state index contributed by atoms with van der Waals surface area (Å²) in [5, 5.41) is 4.73. The van der Waals surface area contributed by atoms with Crippen molar-refractivity contribution in [3.05, 3.63) is 0 Å². The zero-order valence-corrected chi connectivity index (χ0v) is 21.5. The molecule has 0 N–H and O–H groups in total. The van der Waals surface area contributed by atoms with Crippen LogP contribution in [-0.4, -0.2) is 86.9 Å². The van der Waals surface area contributed by atoms with E-state index in [0.717, 1.165) is 0 Å². The molecule has 0 aliphatic heterocycles. The monoisotopic (exact) mass is 431 g/mol. The second-order valence-electron chi connectivity index (χ2n) is 8.20. The van der Waals surface area contributed by atoms with Gasteiger partial charge >= 0.3 is 169 Å². The van der Waals surface area contributed by atoms with Gasteiger partial charge in [0.25, 0.3) is 0 Å². The van der Waals surface area contributed by atoms with Crippen LogP contribution in [-0.2, 0) is 0 Å². The molecule has 0 saturated carbocycles. The molecule has 0 atom stereocenters. The fourth-order valence-electron chi connectivity index (χ4n) is 4.18. The van der Waals surface area contributed by atoms with Gasteiger partial charge in [0.05, 0.1) is 0 Å². The normalized spacial score (nSPS) is 12.7. The van der Waals surface area contributed by atoms with E-state index in [1.807, 2.05) is 0 Å². The molecule has 0 radical (unpaired) electrons. The van der Waals surface area contributed by atoms with Crippen LogP contribution in [0.1, 0.15) is 60.8 Å². The van der Waals surface area contributed by atoms with Crippen LogP contribution in [0.3, 0.4) is 0 Å². The third-order valence-electron chi connectivity index (χ3n) is 6.45. The molecule has 0 unspecified atom stereocenters. The zero-order valence-electron chi connectivity index (χ0n) is 19.4. The first-order chi connectivity index (χ1) is 12.5. The van der Waals surface area contributed by atoms with Crippen molar-refractivity contribution in [2.75, 3.05) is 58.9 Å². The van der Waals surface area contributed by atoms with Gasteiger partial charge < -0.3 is 0 Å². The molecule has 0 saturated heterocycles. The van der Waals surface area contributed by atoms with Gasteiger partial charge in [-0.25, -0.2) is 0 Å². The van der Waals surface area contributed by atoms with E-state index in [2.05, 4.69) is 62.0 Å². The van der Waals surface area contributed by atoms with Crippen LogP contribution in [0.15, 0.2) is 0 Å². The topological polar surface area (TPSA) is 9.72 Å². The summed E-state index contributed by atoms with van der Waals surface area (Å²) in [5.41, 5.74) is 0. The Morgan fingerprint density at radius 3 is 0.885 bits per heavy atom. The molecule has 0 spiro atoms. The van der Waals surface area contributed by atoms with Crippen molar-refractivity contribution >= 4 is 13.3 Å². The number of hydrogen-bond acceptors (Lipinski definition) is 3. The molecule has 26 heavy (non-hydrogen) atoms. The molecular weight excluding hydrogens is 379 g/mol. The van der Waals surface area contributed by atoms with E-state index in [9.17, 15) is 0 Å². The van der Waals surface area contributed by atoms with Crippen molar-refractivity contribution in [1.82, 2.24) is 14.7 Å². The molecule has 0 amide bonds. The van der Waals surface area contributed by atoms with Gasteiger partial charge in [0.1, 0.15) is 0 Å². The number of nitrogens with zero attached hydrogens (tertiary/aromatic N) is 3. The van der Waals surface area contributed by atoms with Crippen molar-refractivity contribution in [2.45, 2.75) is 82.3 Å². The van der Waals surface area contributed by atoms with Crippen LogP contribution in [0.5, 0.6) is 0 Å². The average molecular weight is 430 g/mol. The Morgan fingerprint density at radius 2 is 0.692 bits per heavy atom. The summed E-state index contributed by atoms with van der Waals surface area (Å²) in [5.74, 6) is 2.76. The van der Waals surface area contributed by atoms with Crippen LogP contribution >= 0.6 is 0 Å². The molecule has 0 bridgehead atoms. The first-order valence-electron chi connectivity index (χ1n) is 11.6. The van der Waals surface area contributed by atoms with Gasteiger partial charge in [-0.15, -0.1) is 0 Å². The molecule has 0 aromatic rings. The molecule has 0 aliphatic carbocycles. The zero-order chi connectivity index (χ0) is 19.8. The molecule has 4 heteroatoms. The first-order valence-corrected chi connectivity index (χ1v) is 18.2. The standard InChI is InChI=1S/C22H51GeN3/c1-8-24(9-2)20-14-17-23(7,18-15-21-25(10-3)11-4)19-16-22-26(12-5)13-6/h8-22H2,1-7H3. The Labute approximate surface area is 169 Å². The number of hydrogen-bond donors (Lipinski definition) is 0. The van der Waals surface area contributed by atoms with Gasteiger partial charge in [0, 0.05) is 0 Å². The van der Waals surface area contributed by atoms with Crippen LogP contribution < -0.4 is 0 Å². The summed E-state index contributed by atoms with van der Waals surface area (Å²) >= 11 is -1.68. The Bertz CT molecular complexity index is 254. The second kappa shape index (κ2) is 16.4. The second-order valence-corrected chi connectivity index (χ2v) is 18.9. The van der Waals surface area contributed by atoms with E-state index in [0.29, 0.717) is 0 Å². The minimum absolute atomic E-state index is 1.21. The quantitative estimate of drug-likeness (QED) is 0.275. The fraction of sp³-hybridized carbons (Fsp3) is 1.00. The van der Waals surface area contributed by atoms with Gasteiger partial charge in [-0.1, -0.05) is 0 Å². The SMILES string of the molecule is CCN(CC)CC[CH2][Ge]([CH3])([CH2]CCN(CC)CC)[CH2]CCN(CC)CC. The third-order valence-corrected chi connectivity index (χ3v) is 16.3.